The van der Waals surface area contributed by atoms with Crippen LogP contribution in [0.4, 0.5) is 4.39 Å². The van der Waals surface area contributed by atoms with Crippen molar-refractivity contribution in [3.63, 3.8) is 0 Å². The predicted molar refractivity (Wildman–Crippen MR) is 86.2 cm³/mol. The quantitative estimate of drug-likeness (QED) is 0.827. The summed E-state index contributed by atoms with van der Waals surface area (Å²) in [7, 11) is 1.58. The fourth-order valence-electron chi connectivity index (χ4n) is 2.06. The Morgan fingerprint density at radius 3 is 2.29 bits per heavy atom. The Morgan fingerprint density at radius 2 is 1.71 bits per heavy atom. The van der Waals surface area contributed by atoms with Gasteiger partial charge in [0.25, 0.3) is 5.91 Å². The molecule has 0 aliphatic heterocycles. The van der Waals surface area contributed by atoms with E-state index in [2.05, 4.69) is 5.32 Å². The second-order valence-corrected chi connectivity index (χ2v) is 5.15. The number of nitrogens with one attached hydrogen (secondary N) is 1. The molecule has 1 amide bonds. The van der Waals surface area contributed by atoms with Crippen molar-refractivity contribution in [1.82, 2.24) is 5.32 Å². The molecular weight excluding hydrogens is 313 g/mol. The Labute approximate surface area is 139 Å². The van der Waals surface area contributed by atoms with Crippen LogP contribution in [0.3, 0.4) is 0 Å². The summed E-state index contributed by atoms with van der Waals surface area (Å²) in [5.41, 5.74) is 1.08. The molecule has 1 atom stereocenters. The molecule has 0 bridgehead atoms. The fourth-order valence-corrected chi connectivity index (χ4v) is 2.06. The maximum Gasteiger partial charge on any atom is 0.338 e. The van der Waals surface area contributed by atoms with Gasteiger partial charge in [-0.05, 0) is 48.9 Å². The molecule has 0 spiro atoms. The number of carbonyl (C=O) groups excluding carboxylic acids is 2. The Morgan fingerprint density at radius 1 is 1.08 bits per heavy atom. The van der Waals surface area contributed by atoms with Crippen molar-refractivity contribution in [2.24, 2.45) is 0 Å². The lowest BCUT2D eigenvalue weighted by Gasteiger charge is -2.15. The topological polar surface area (TPSA) is 64.6 Å². The standard InChI is InChI=1S/C18H18FNO4/c1-12(13-5-9-16(23-2)10-6-13)20-17(21)11-24-18(22)14-3-7-15(19)8-4-14/h3-10,12H,11H2,1-2H3,(H,20,21)/t12-/m0/s1. The molecule has 0 aliphatic rings. The summed E-state index contributed by atoms with van der Waals surface area (Å²) < 4.78 is 22.8. The molecule has 0 unspecified atom stereocenters. The van der Waals surface area contributed by atoms with Crippen molar-refractivity contribution in [2.75, 3.05) is 13.7 Å². The van der Waals surface area contributed by atoms with Crippen LogP contribution < -0.4 is 10.1 Å². The molecule has 126 valence electrons. The van der Waals surface area contributed by atoms with E-state index in [9.17, 15) is 14.0 Å². The second kappa shape index (κ2) is 8.10. The zero-order chi connectivity index (χ0) is 17.5. The SMILES string of the molecule is COc1ccc([C@H](C)NC(=O)COC(=O)c2ccc(F)cc2)cc1. The van der Waals surface area contributed by atoms with Gasteiger partial charge in [-0.3, -0.25) is 4.79 Å². The highest BCUT2D eigenvalue weighted by Crippen LogP contribution is 2.17. The van der Waals surface area contributed by atoms with Crippen LogP contribution in [0.1, 0.15) is 28.9 Å². The summed E-state index contributed by atoms with van der Waals surface area (Å²) in [6.45, 7) is 1.41. The lowest BCUT2D eigenvalue weighted by molar-refractivity contribution is -0.124. The number of carbonyl (C=O) groups is 2. The number of methoxy groups -OCH3 is 1. The van der Waals surface area contributed by atoms with Crippen LogP contribution in [-0.2, 0) is 9.53 Å². The third-order valence-electron chi connectivity index (χ3n) is 3.41. The van der Waals surface area contributed by atoms with E-state index in [1.165, 1.54) is 12.1 Å². The molecule has 0 radical (unpaired) electrons. The van der Waals surface area contributed by atoms with Gasteiger partial charge in [-0.15, -0.1) is 0 Å². The first-order valence-electron chi connectivity index (χ1n) is 7.35. The van der Waals surface area contributed by atoms with Gasteiger partial charge in [-0.2, -0.15) is 0 Å². The number of esters is 1. The van der Waals surface area contributed by atoms with Crippen molar-refractivity contribution in [1.29, 1.82) is 0 Å². The molecule has 0 aliphatic carbocycles. The van der Waals surface area contributed by atoms with E-state index in [4.69, 9.17) is 9.47 Å². The number of ether oxygens (including phenoxy) is 2. The molecule has 0 fully saturated rings. The lowest BCUT2D eigenvalue weighted by Crippen LogP contribution is -2.31. The minimum atomic E-state index is -0.678. The Bertz CT molecular complexity index is 698. The van der Waals surface area contributed by atoms with Crippen molar-refractivity contribution in [3.8, 4) is 5.75 Å². The normalized spacial score (nSPS) is 11.5. The van der Waals surface area contributed by atoms with Gasteiger partial charge < -0.3 is 14.8 Å². The molecule has 1 N–H and O–H groups in total. The summed E-state index contributed by atoms with van der Waals surface area (Å²) in [4.78, 5) is 23.6. The van der Waals surface area contributed by atoms with E-state index in [-0.39, 0.29) is 11.6 Å². The summed E-state index contributed by atoms with van der Waals surface area (Å²) in [5.74, 6) is -0.820. The molecule has 2 aromatic carbocycles. The highest BCUT2D eigenvalue weighted by Gasteiger charge is 2.13. The molecule has 24 heavy (non-hydrogen) atoms. The zero-order valence-electron chi connectivity index (χ0n) is 13.4. The highest BCUT2D eigenvalue weighted by molar-refractivity contribution is 5.91. The first-order valence-corrected chi connectivity index (χ1v) is 7.35. The third-order valence-corrected chi connectivity index (χ3v) is 3.41. The number of hydrogen-bond donors (Lipinski definition) is 1. The Hall–Kier alpha value is -2.89. The molecule has 0 heterocycles. The predicted octanol–water partition coefficient (Wildman–Crippen LogP) is 2.87. The van der Waals surface area contributed by atoms with E-state index < -0.39 is 24.3 Å². The Balaban J connectivity index is 1.83. The monoisotopic (exact) mass is 331 g/mol. The van der Waals surface area contributed by atoms with E-state index >= 15 is 0 Å². The second-order valence-electron chi connectivity index (χ2n) is 5.15. The average Bonchev–Trinajstić information content (AvgIpc) is 2.60. The van der Waals surface area contributed by atoms with Crippen LogP contribution in [0, 0.1) is 5.82 Å². The fraction of sp³-hybridized carbons (Fsp3) is 0.222. The minimum absolute atomic E-state index is 0.187. The van der Waals surface area contributed by atoms with Gasteiger partial charge in [0.05, 0.1) is 18.7 Å². The lowest BCUT2D eigenvalue weighted by atomic mass is 10.1. The summed E-state index contributed by atoms with van der Waals surface area (Å²) >= 11 is 0. The summed E-state index contributed by atoms with van der Waals surface area (Å²) in [6, 6.07) is 11.9. The number of hydrogen-bond acceptors (Lipinski definition) is 4. The van der Waals surface area contributed by atoms with Crippen molar-refractivity contribution < 1.29 is 23.5 Å². The van der Waals surface area contributed by atoms with Gasteiger partial charge in [0, 0.05) is 0 Å². The van der Waals surface area contributed by atoms with E-state index in [0.29, 0.717) is 0 Å². The van der Waals surface area contributed by atoms with Crippen molar-refractivity contribution >= 4 is 11.9 Å². The summed E-state index contributed by atoms with van der Waals surface area (Å²) in [5, 5.41) is 2.73. The van der Waals surface area contributed by atoms with Gasteiger partial charge in [-0.1, -0.05) is 12.1 Å². The molecule has 2 aromatic rings. The number of benzene rings is 2. The largest absolute Gasteiger partial charge is 0.497 e. The van der Waals surface area contributed by atoms with Gasteiger partial charge in [0.2, 0.25) is 0 Å². The van der Waals surface area contributed by atoms with Gasteiger partial charge in [-0.25, -0.2) is 9.18 Å². The average molecular weight is 331 g/mol. The maximum atomic E-state index is 12.8. The van der Waals surface area contributed by atoms with Gasteiger partial charge >= 0.3 is 5.97 Å². The molecular formula is C18H18FNO4. The molecule has 5 nitrogen and oxygen atoms in total. The van der Waals surface area contributed by atoms with Crippen molar-refractivity contribution in [2.45, 2.75) is 13.0 Å². The smallest absolute Gasteiger partial charge is 0.338 e. The molecule has 0 saturated heterocycles. The maximum absolute atomic E-state index is 12.8. The highest BCUT2D eigenvalue weighted by atomic mass is 19.1. The van der Waals surface area contributed by atoms with Crippen LogP contribution in [0.15, 0.2) is 48.5 Å². The van der Waals surface area contributed by atoms with Crippen molar-refractivity contribution in [3.05, 3.63) is 65.5 Å². The third kappa shape index (κ3) is 4.81. The van der Waals surface area contributed by atoms with E-state index in [1.807, 2.05) is 19.1 Å². The van der Waals surface area contributed by atoms with Crippen LogP contribution in [0.25, 0.3) is 0 Å². The first kappa shape index (κ1) is 17.5. The van der Waals surface area contributed by atoms with Crippen LogP contribution in [-0.4, -0.2) is 25.6 Å². The number of halogens is 1. The molecule has 0 aromatic heterocycles. The number of rotatable bonds is 6. The van der Waals surface area contributed by atoms with Crippen LogP contribution in [0.2, 0.25) is 0 Å². The van der Waals surface area contributed by atoms with E-state index in [1.54, 1.807) is 19.2 Å². The minimum Gasteiger partial charge on any atom is -0.497 e. The van der Waals surface area contributed by atoms with Gasteiger partial charge in [0.15, 0.2) is 6.61 Å². The molecule has 0 saturated carbocycles. The first-order chi connectivity index (χ1) is 11.5. The molecule has 6 heteroatoms. The van der Waals surface area contributed by atoms with E-state index in [0.717, 1.165) is 23.4 Å². The number of amides is 1. The summed E-state index contributed by atoms with van der Waals surface area (Å²) in [6.07, 6.45) is 0. The van der Waals surface area contributed by atoms with Gasteiger partial charge in [0.1, 0.15) is 11.6 Å². The zero-order valence-corrected chi connectivity index (χ0v) is 13.4. The van der Waals surface area contributed by atoms with Crippen LogP contribution >= 0.6 is 0 Å². The molecule has 2 rings (SSSR count). The Kier molecular flexibility index (Phi) is 5.89. The van der Waals surface area contributed by atoms with Crippen LogP contribution in [0.5, 0.6) is 5.75 Å².